The van der Waals surface area contributed by atoms with Crippen LogP contribution in [0.1, 0.15) is 31.1 Å². The van der Waals surface area contributed by atoms with Crippen molar-refractivity contribution >= 4 is 39.2 Å². The molecule has 6 nitrogen and oxygen atoms in total. The van der Waals surface area contributed by atoms with Crippen LogP contribution in [-0.4, -0.2) is 24.7 Å². The summed E-state index contributed by atoms with van der Waals surface area (Å²) in [7, 11) is 0. The molecule has 2 N–H and O–H groups in total. The van der Waals surface area contributed by atoms with E-state index in [1.54, 1.807) is 0 Å². The van der Waals surface area contributed by atoms with Crippen LogP contribution in [-0.2, 0) is 0 Å². The van der Waals surface area contributed by atoms with Gasteiger partial charge < -0.3 is 5.73 Å². The number of aromatic nitrogens is 5. The van der Waals surface area contributed by atoms with Crippen molar-refractivity contribution < 1.29 is 0 Å². The number of pyridine rings is 1. The molecule has 0 aliphatic heterocycles. The number of hydrogen-bond acceptors (Lipinski definition) is 5. The van der Waals surface area contributed by atoms with Gasteiger partial charge in [-0.25, -0.2) is 14.6 Å². The number of hydrogen-bond donors (Lipinski definition) is 1. The van der Waals surface area contributed by atoms with E-state index >= 15 is 0 Å². The van der Waals surface area contributed by atoms with Crippen LogP contribution in [0.3, 0.4) is 0 Å². The van der Waals surface area contributed by atoms with Crippen molar-refractivity contribution in [2.24, 2.45) is 0 Å². The van der Waals surface area contributed by atoms with Crippen LogP contribution >= 0.6 is 11.6 Å². The van der Waals surface area contributed by atoms with E-state index in [2.05, 4.69) is 44.0 Å². The maximum Gasteiger partial charge on any atom is 0.164 e. The predicted molar refractivity (Wildman–Crippen MR) is 128 cm³/mol. The molecule has 7 heteroatoms. The maximum absolute atomic E-state index is 6.12. The second-order valence-corrected chi connectivity index (χ2v) is 8.13. The van der Waals surface area contributed by atoms with Crippen LogP contribution in [0.2, 0.25) is 5.02 Å². The van der Waals surface area contributed by atoms with Gasteiger partial charge in [0.1, 0.15) is 17.8 Å². The first-order valence-corrected chi connectivity index (χ1v) is 10.5. The minimum absolute atomic E-state index is 0.121. The fourth-order valence-corrected chi connectivity index (χ4v) is 3.75. The van der Waals surface area contributed by atoms with Crippen molar-refractivity contribution in [2.45, 2.75) is 19.9 Å². The van der Waals surface area contributed by atoms with E-state index < -0.39 is 0 Å². The topological polar surface area (TPSA) is 82.5 Å². The van der Waals surface area contributed by atoms with Gasteiger partial charge in [-0.1, -0.05) is 41.8 Å². The van der Waals surface area contributed by atoms with Gasteiger partial charge >= 0.3 is 0 Å². The molecule has 0 bridgehead atoms. The Labute approximate surface area is 190 Å². The van der Waals surface area contributed by atoms with Crippen molar-refractivity contribution in [1.82, 2.24) is 24.7 Å². The summed E-state index contributed by atoms with van der Waals surface area (Å²) in [6.07, 6.45) is 3.30. The Morgan fingerprint density at radius 3 is 2.59 bits per heavy atom. The molecule has 3 aromatic heterocycles. The minimum Gasteiger partial charge on any atom is -0.383 e. The molecule has 0 saturated heterocycles. The van der Waals surface area contributed by atoms with Crippen molar-refractivity contribution in [1.29, 1.82) is 0 Å². The van der Waals surface area contributed by atoms with E-state index in [0.29, 0.717) is 27.6 Å². The predicted octanol–water partition coefficient (Wildman–Crippen LogP) is 5.26. The van der Waals surface area contributed by atoms with E-state index in [-0.39, 0.29) is 6.04 Å². The van der Waals surface area contributed by atoms with Crippen LogP contribution in [0.5, 0.6) is 0 Å². The molecule has 32 heavy (non-hydrogen) atoms. The number of nitrogens with zero attached hydrogens (tertiary/aromatic N) is 5. The average molecular weight is 439 g/mol. The summed E-state index contributed by atoms with van der Waals surface area (Å²) >= 11 is 6.01. The van der Waals surface area contributed by atoms with Crippen LogP contribution in [0, 0.1) is 11.8 Å². The Bertz CT molecular complexity index is 1520. The second kappa shape index (κ2) is 7.95. The van der Waals surface area contributed by atoms with Gasteiger partial charge in [-0.15, -0.1) is 0 Å². The third-order valence-corrected chi connectivity index (χ3v) is 5.48. The standard InChI is InChI=1S/C25H19ClN6/c1-15(2)32-25-23(24(27)29-14-30-25)21(31-32)11-8-16-4-3-5-18-12-22(28-13-20(16)18)17-6-9-19(26)10-7-17/h3-7,9-10,12-15H,1-2H3,(H2,27,29,30). The first-order valence-electron chi connectivity index (χ1n) is 10.2. The Balaban J connectivity index is 1.60. The smallest absolute Gasteiger partial charge is 0.164 e. The molecule has 0 aliphatic carbocycles. The van der Waals surface area contributed by atoms with Gasteiger partial charge in [0.05, 0.1) is 11.1 Å². The number of fused-ring (bicyclic) bond motifs is 2. The van der Waals surface area contributed by atoms with E-state index in [9.17, 15) is 0 Å². The molecule has 0 aliphatic rings. The van der Waals surface area contributed by atoms with E-state index in [0.717, 1.165) is 27.6 Å². The van der Waals surface area contributed by atoms with Crippen LogP contribution < -0.4 is 5.73 Å². The fraction of sp³-hybridized carbons (Fsp3) is 0.120. The number of halogens is 1. The van der Waals surface area contributed by atoms with Crippen LogP contribution in [0.4, 0.5) is 5.82 Å². The zero-order valence-corrected chi connectivity index (χ0v) is 18.3. The quantitative estimate of drug-likeness (QED) is 0.380. The van der Waals surface area contributed by atoms with E-state index in [4.69, 9.17) is 17.3 Å². The van der Waals surface area contributed by atoms with Crippen molar-refractivity contribution in [2.75, 3.05) is 5.73 Å². The highest BCUT2D eigenvalue weighted by molar-refractivity contribution is 6.30. The van der Waals surface area contributed by atoms with Gasteiger partial charge in [0.25, 0.3) is 0 Å². The number of anilines is 1. The van der Waals surface area contributed by atoms with Crippen molar-refractivity contribution in [3.8, 4) is 23.1 Å². The third kappa shape index (κ3) is 3.53. The molecular formula is C25H19ClN6. The van der Waals surface area contributed by atoms with Gasteiger partial charge in [0.15, 0.2) is 5.65 Å². The SMILES string of the molecule is CC(C)n1nc(C#Cc2cccc3cc(-c4ccc(Cl)cc4)ncc23)c2c(N)ncnc21. The van der Waals surface area contributed by atoms with Gasteiger partial charge in [0.2, 0.25) is 0 Å². The van der Waals surface area contributed by atoms with Gasteiger partial charge in [0, 0.05) is 33.8 Å². The summed E-state index contributed by atoms with van der Waals surface area (Å²) in [5.41, 5.74) is 10.1. The molecule has 5 rings (SSSR count). The minimum atomic E-state index is 0.121. The highest BCUT2D eigenvalue weighted by Gasteiger charge is 2.15. The molecule has 0 amide bonds. The Morgan fingerprint density at radius 1 is 1.00 bits per heavy atom. The van der Waals surface area contributed by atoms with Gasteiger partial charge in [-0.05, 0) is 49.4 Å². The summed E-state index contributed by atoms with van der Waals surface area (Å²) in [6.45, 7) is 4.08. The largest absolute Gasteiger partial charge is 0.383 e. The molecule has 0 unspecified atom stereocenters. The molecule has 2 aromatic carbocycles. The molecular weight excluding hydrogens is 420 g/mol. The normalized spacial score (nSPS) is 11.1. The summed E-state index contributed by atoms with van der Waals surface area (Å²) in [4.78, 5) is 13.1. The molecule has 0 radical (unpaired) electrons. The summed E-state index contributed by atoms with van der Waals surface area (Å²) in [5.74, 6) is 6.80. The fourth-order valence-electron chi connectivity index (χ4n) is 3.63. The van der Waals surface area contributed by atoms with Crippen LogP contribution in [0.25, 0.3) is 33.1 Å². The molecule has 5 aromatic rings. The number of benzene rings is 2. The monoisotopic (exact) mass is 438 g/mol. The molecule has 0 atom stereocenters. The molecule has 156 valence electrons. The lowest BCUT2D eigenvalue weighted by molar-refractivity contribution is 0.545. The van der Waals surface area contributed by atoms with Crippen LogP contribution in [0.15, 0.2) is 61.1 Å². The lowest BCUT2D eigenvalue weighted by Gasteiger charge is -2.05. The second-order valence-electron chi connectivity index (χ2n) is 7.70. The lowest BCUT2D eigenvalue weighted by Crippen LogP contribution is -2.04. The first-order chi connectivity index (χ1) is 15.5. The molecule has 3 heterocycles. The Kier molecular flexibility index (Phi) is 4.96. The molecule has 0 fully saturated rings. The van der Waals surface area contributed by atoms with Crippen molar-refractivity contribution in [3.05, 3.63) is 77.3 Å². The molecule has 0 saturated carbocycles. The summed E-state index contributed by atoms with van der Waals surface area (Å²) in [5, 5.41) is 8.04. The number of rotatable bonds is 2. The summed E-state index contributed by atoms with van der Waals surface area (Å²) in [6, 6.07) is 15.8. The third-order valence-electron chi connectivity index (χ3n) is 5.23. The number of nitrogen functional groups attached to an aromatic ring is 1. The highest BCUT2D eigenvalue weighted by Crippen LogP contribution is 2.26. The highest BCUT2D eigenvalue weighted by atomic mass is 35.5. The zero-order valence-electron chi connectivity index (χ0n) is 17.5. The number of nitrogens with two attached hydrogens (primary N) is 1. The Morgan fingerprint density at radius 2 is 1.81 bits per heavy atom. The van der Waals surface area contributed by atoms with Crippen molar-refractivity contribution in [3.63, 3.8) is 0 Å². The zero-order chi connectivity index (χ0) is 22.2. The average Bonchev–Trinajstić information content (AvgIpc) is 3.18. The van der Waals surface area contributed by atoms with E-state index in [1.807, 2.05) is 61.1 Å². The first kappa shape index (κ1) is 20.0. The van der Waals surface area contributed by atoms with Gasteiger partial charge in [-0.2, -0.15) is 5.10 Å². The van der Waals surface area contributed by atoms with E-state index in [1.165, 1.54) is 6.33 Å². The molecule has 0 spiro atoms. The Hall–Kier alpha value is -3.95. The lowest BCUT2D eigenvalue weighted by atomic mass is 10.0. The summed E-state index contributed by atoms with van der Waals surface area (Å²) < 4.78 is 1.82. The maximum atomic E-state index is 6.12. The van der Waals surface area contributed by atoms with Gasteiger partial charge in [-0.3, -0.25) is 4.98 Å².